The summed E-state index contributed by atoms with van der Waals surface area (Å²) in [6.07, 6.45) is -1.56. The van der Waals surface area contributed by atoms with Gasteiger partial charge in [0, 0.05) is 34.2 Å². The first-order valence-electron chi connectivity index (χ1n) is 6.94. The number of piperidine rings is 1. The molecule has 8 nitrogen and oxygen atoms in total. The van der Waals surface area contributed by atoms with Gasteiger partial charge in [0.2, 0.25) is 5.91 Å². The van der Waals surface area contributed by atoms with Gasteiger partial charge in [0.25, 0.3) is 0 Å². The molecule has 1 amide bonds. The number of carbonyl (C=O) groups is 4. The first-order chi connectivity index (χ1) is 10.2. The van der Waals surface area contributed by atoms with E-state index in [1.807, 2.05) is 0 Å². The molecule has 1 rings (SSSR count). The smallest absolute Gasteiger partial charge is 0.303 e. The van der Waals surface area contributed by atoms with Crippen molar-refractivity contribution in [2.45, 2.75) is 39.9 Å². The third kappa shape index (κ3) is 5.34. The van der Waals surface area contributed by atoms with Crippen LogP contribution < -0.4 is 0 Å². The fourth-order valence-corrected chi connectivity index (χ4v) is 2.40. The molecule has 22 heavy (non-hydrogen) atoms. The topological polar surface area (TPSA) is 99.2 Å². The summed E-state index contributed by atoms with van der Waals surface area (Å²) in [5, 5.41) is 0. The lowest BCUT2D eigenvalue weighted by Gasteiger charge is -2.41. The van der Waals surface area contributed by atoms with Crippen molar-refractivity contribution in [2.24, 2.45) is 5.92 Å². The van der Waals surface area contributed by atoms with Gasteiger partial charge in [-0.25, -0.2) is 0 Å². The number of ether oxygens (including phenoxy) is 3. The van der Waals surface area contributed by atoms with E-state index in [1.54, 1.807) is 0 Å². The van der Waals surface area contributed by atoms with Crippen LogP contribution in [0.15, 0.2) is 0 Å². The summed E-state index contributed by atoms with van der Waals surface area (Å²) in [6, 6.07) is 0. The van der Waals surface area contributed by atoms with Crippen LogP contribution in [0.2, 0.25) is 0 Å². The maximum Gasteiger partial charge on any atom is 0.303 e. The molecule has 1 saturated heterocycles. The zero-order chi connectivity index (χ0) is 16.9. The van der Waals surface area contributed by atoms with Gasteiger partial charge in [-0.15, -0.1) is 0 Å². The molecule has 0 aromatic heterocycles. The molecule has 1 aliphatic rings. The molecule has 0 aliphatic carbocycles. The summed E-state index contributed by atoms with van der Waals surface area (Å²) < 4.78 is 15.4. The average molecular weight is 315 g/mol. The number of rotatable bonds is 4. The van der Waals surface area contributed by atoms with Crippen LogP contribution in [0.5, 0.6) is 0 Å². The molecule has 0 spiro atoms. The lowest BCUT2D eigenvalue weighted by atomic mass is 9.92. The maximum absolute atomic E-state index is 11.6. The molecule has 124 valence electrons. The first kappa shape index (κ1) is 17.9. The Morgan fingerprint density at radius 3 is 1.95 bits per heavy atom. The lowest BCUT2D eigenvalue weighted by Crippen LogP contribution is -2.57. The van der Waals surface area contributed by atoms with Crippen LogP contribution in [0.1, 0.15) is 27.7 Å². The Labute approximate surface area is 128 Å². The van der Waals surface area contributed by atoms with Gasteiger partial charge < -0.3 is 19.1 Å². The van der Waals surface area contributed by atoms with E-state index in [0.717, 1.165) is 0 Å². The minimum atomic E-state index is -0.792. The summed E-state index contributed by atoms with van der Waals surface area (Å²) in [4.78, 5) is 46.6. The molecule has 0 radical (unpaired) electrons. The van der Waals surface area contributed by atoms with Gasteiger partial charge in [0.05, 0.1) is 19.1 Å². The summed E-state index contributed by atoms with van der Waals surface area (Å²) in [5.41, 5.74) is 0. The van der Waals surface area contributed by atoms with E-state index in [4.69, 9.17) is 14.2 Å². The van der Waals surface area contributed by atoms with E-state index in [2.05, 4.69) is 0 Å². The molecular formula is C14H21NO7. The Morgan fingerprint density at radius 2 is 1.50 bits per heavy atom. The number of esters is 3. The van der Waals surface area contributed by atoms with Gasteiger partial charge in [0.15, 0.2) is 6.10 Å². The van der Waals surface area contributed by atoms with Crippen molar-refractivity contribution in [1.82, 2.24) is 4.90 Å². The van der Waals surface area contributed by atoms with Gasteiger partial charge in [-0.2, -0.15) is 0 Å². The second-order valence-electron chi connectivity index (χ2n) is 5.21. The van der Waals surface area contributed by atoms with Gasteiger partial charge in [-0.05, 0) is 0 Å². The minimum absolute atomic E-state index is 0.0329. The first-order valence-corrected chi connectivity index (χ1v) is 6.94. The highest BCUT2D eigenvalue weighted by atomic mass is 16.6. The summed E-state index contributed by atoms with van der Waals surface area (Å²) in [7, 11) is 0. The van der Waals surface area contributed by atoms with Crippen molar-refractivity contribution in [3.63, 3.8) is 0 Å². The number of hydrogen-bond donors (Lipinski definition) is 0. The van der Waals surface area contributed by atoms with Gasteiger partial charge in [-0.3, -0.25) is 19.2 Å². The van der Waals surface area contributed by atoms with Crippen LogP contribution >= 0.6 is 0 Å². The van der Waals surface area contributed by atoms with Crippen LogP contribution in [0, 0.1) is 5.92 Å². The normalized spacial score (nSPS) is 24.4. The second-order valence-corrected chi connectivity index (χ2v) is 5.21. The van der Waals surface area contributed by atoms with Crippen molar-refractivity contribution >= 4 is 23.8 Å². The third-order valence-electron chi connectivity index (χ3n) is 3.25. The molecular weight excluding hydrogens is 294 g/mol. The standard InChI is InChI=1S/C14H21NO7/c1-8(16)15-5-12(7-20-9(2)17)14(22-11(4)19)13(6-15)21-10(3)18/h12-14H,5-7H2,1-4H3/t12-,13-,14-/m0/s1. The van der Waals surface area contributed by atoms with E-state index in [1.165, 1.54) is 32.6 Å². The van der Waals surface area contributed by atoms with Crippen molar-refractivity contribution < 1.29 is 33.4 Å². The number of amides is 1. The Hall–Kier alpha value is -2.12. The van der Waals surface area contributed by atoms with Crippen molar-refractivity contribution in [1.29, 1.82) is 0 Å². The number of carbonyl (C=O) groups excluding carboxylic acids is 4. The van der Waals surface area contributed by atoms with E-state index < -0.39 is 36.0 Å². The number of hydrogen-bond acceptors (Lipinski definition) is 7. The van der Waals surface area contributed by atoms with Gasteiger partial charge in [0.1, 0.15) is 6.10 Å². The summed E-state index contributed by atoms with van der Waals surface area (Å²) in [6.45, 7) is 5.47. The summed E-state index contributed by atoms with van der Waals surface area (Å²) in [5.74, 6) is -2.23. The SMILES string of the molecule is CC(=O)OC[C@@H]1CN(C(C)=O)C[C@H](OC(C)=O)[C@H]1OC(C)=O. The molecule has 8 heteroatoms. The molecule has 0 unspecified atom stereocenters. The minimum Gasteiger partial charge on any atom is -0.465 e. The van der Waals surface area contributed by atoms with Gasteiger partial charge in [-0.1, -0.05) is 0 Å². The Bertz CT molecular complexity index is 462. The monoisotopic (exact) mass is 315 g/mol. The molecule has 0 aromatic rings. The quantitative estimate of drug-likeness (QED) is 0.527. The molecule has 0 saturated carbocycles. The molecule has 0 aromatic carbocycles. The van der Waals surface area contributed by atoms with E-state index >= 15 is 0 Å². The van der Waals surface area contributed by atoms with E-state index in [9.17, 15) is 19.2 Å². The highest BCUT2D eigenvalue weighted by molar-refractivity contribution is 5.74. The number of nitrogens with zero attached hydrogens (tertiary/aromatic N) is 1. The zero-order valence-corrected chi connectivity index (χ0v) is 13.2. The van der Waals surface area contributed by atoms with Crippen LogP contribution in [-0.2, 0) is 33.4 Å². The second kappa shape index (κ2) is 7.77. The molecule has 1 heterocycles. The Morgan fingerprint density at radius 1 is 0.909 bits per heavy atom. The predicted octanol–water partition coefficient (Wildman–Crippen LogP) is -0.109. The Balaban J connectivity index is 2.96. The van der Waals surface area contributed by atoms with Crippen molar-refractivity contribution in [3.05, 3.63) is 0 Å². The van der Waals surface area contributed by atoms with Crippen LogP contribution in [-0.4, -0.2) is 60.6 Å². The van der Waals surface area contributed by atoms with Crippen LogP contribution in [0.4, 0.5) is 0 Å². The highest BCUT2D eigenvalue weighted by Gasteiger charge is 2.42. The average Bonchev–Trinajstić information content (AvgIpc) is 2.37. The molecule has 0 N–H and O–H groups in total. The van der Waals surface area contributed by atoms with Crippen LogP contribution in [0.3, 0.4) is 0 Å². The lowest BCUT2D eigenvalue weighted by molar-refractivity contribution is -0.184. The zero-order valence-electron chi connectivity index (χ0n) is 13.2. The van der Waals surface area contributed by atoms with E-state index in [-0.39, 0.29) is 25.6 Å². The maximum atomic E-state index is 11.6. The van der Waals surface area contributed by atoms with Crippen LogP contribution in [0.25, 0.3) is 0 Å². The molecule has 0 bridgehead atoms. The van der Waals surface area contributed by atoms with E-state index in [0.29, 0.717) is 0 Å². The third-order valence-corrected chi connectivity index (χ3v) is 3.25. The number of likely N-dealkylation sites (tertiary alicyclic amines) is 1. The predicted molar refractivity (Wildman–Crippen MR) is 73.5 cm³/mol. The van der Waals surface area contributed by atoms with Crippen molar-refractivity contribution in [3.8, 4) is 0 Å². The largest absolute Gasteiger partial charge is 0.465 e. The Kier molecular flexibility index (Phi) is 6.33. The van der Waals surface area contributed by atoms with Crippen molar-refractivity contribution in [2.75, 3.05) is 19.7 Å². The molecule has 3 atom stereocenters. The fourth-order valence-electron chi connectivity index (χ4n) is 2.40. The highest BCUT2D eigenvalue weighted by Crippen LogP contribution is 2.24. The fraction of sp³-hybridized carbons (Fsp3) is 0.714. The molecule has 1 aliphatic heterocycles. The molecule has 1 fully saturated rings. The van der Waals surface area contributed by atoms with Gasteiger partial charge >= 0.3 is 17.9 Å². The summed E-state index contributed by atoms with van der Waals surface area (Å²) >= 11 is 0.